The van der Waals surface area contributed by atoms with Gasteiger partial charge in [-0.3, -0.25) is 4.79 Å². The number of carbonyl (C=O) groups is 1. The van der Waals surface area contributed by atoms with Gasteiger partial charge in [0.15, 0.2) is 0 Å². The summed E-state index contributed by atoms with van der Waals surface area (Å²) in [6.07, 6.45) is 5.12. The van der Waals surface area contributed by atoms with Gasteiger partial charge in [-0.1, -0.05) is 30.3 Å². The Hall–Kier alpha value is -2.64. The average molecular weight is 480 g/mol. The van der Waals surface area contributed by atoms with Gasteiger partial charge in [-0.15, -0.1) is 0 Å². The quantitative estimate of drug-likeness (QED) is 0.369. The van der Waals surface area contributed by atoms with Crippen LogP contribution < -0.4 is 5.32 Å². The van der Waals surface area contributed by atoms with Crippen LogP contribution in [0.3, 0.4) is 0 Å². The zero-order chi connectivity index (χ0) is 24.4. The van der Waals surface area contributed by atoms with Gasteiger partial charge in [0, 0.05) is 51.3 Å². The smallest absolute Gasteiger partial charge is 0.227 e. The summed E-state index contributed by atoms with van der Waals surface area (Å²) in [5.74, 6) is 1.49. The number of amides is 1. The van der Waals surface area contributed by atoms with E-state index in [9.17, 15) is 4.79 Å². The minimum Gasteiger partial charge on any atom is -0.476 e. The van der Waals surface area contributed by atoms with Gasteiger partial charge in [-0.05, 0) is 63.9 Å². The molecule has 3 atom stereocenters. The molecule has 2 unspecified atom stereocenters. The molecular weight excluding hydrogens is 438 g/mol. The Labute approximate surface area is 211 Å². The number of hydrogen-bond donors (Lipinski definition) is 1. The van der Waals surface area contributed by atoms with E-state index in [-0.39, 0.29) is 7.33 Å². The fraction of sp³-hybridized carbons (Fsp3) is 0.571. The summed E-state index contributed by atoms with van der Waals surface area (Å²) in [5.41, 5.74) is 3.40. The maximum absolute atomic E-state index is 13.3. The number of nitrogens with one attached hydrogen (secondary N) is 1. The van der Waals surface area contributed by atoms with Crippen molar-refractivity contribution in [1.29, 1.82) is 0 Å². The van der Waals surface area contributed by atoms with Gasteiger partial charge in [0.05, 0.1) is 6.42 Å². The number of likely N-dealkylation sites (N-methyl/N-ethyl adjacent to an activating group) is 1. The summed E-state index contributed by atoms with van der Waals surface area (Å²) in [6.45, 7) is 11.1. The number of carbonyl (C=O) groups excluding carboxylic acids is 1. The lowest BCUT2D eigenvalue weighted by Crippen LogP contribution is -2.54. The van der Waals surface area contributed by atoms with E-state index < -0.39 is 0 Å². The van der Waals surface area contributed by atoms with Gasteiger partial charge in [-0.25, -0.2) is 0 Å². The van der Waals surface area contributed by atoms with Crippen molar-refractivity contribution in [2.75, 3.05) is 39.8 Å². The number of amidine groups is 1. The Morgan fingerprint density at radius 2 is 1.94 bits per heavy atom. The highest BCUT2D eigenvalue weighted by molar-refractivity contribution is 6.04. The van der Waals surface area contributed by atoms with Crippen LogP contribution in [0.5, 0.6) is 0 Å². The van der Waals surface area contributed by atoms with E-state index in [4.69, 9.17) is 9.73 Å². The van der Waals surface area contributed by atoms with E-state index >= 15 is 0 Å². The Morgan fingerprint density at radius 3 is 2.63 bits per heavy atom. The van der Waals surface area contributed by atoms with Gasteiger partial charge in [0.25, 0.3) is 0 Å². The first-order valence-electron chi connectivity index (χ1n) is 13.1. The van der Waals surface area contributed by atoms with Crippen molar-refractivity contribution in [3.63, 3.8) is 0 Å². The lowest BCUT2D eigenvalue weighted by molar-refractivity contribution is -0.131. The zero-order valence-electron chi connectivity index (χ0n) is 21.2. The van der Waals surface area contributed by atoms with E-state index in [0.29, 0.717) is 50.1 Å². The first-order valence-corrected chi connectivity index (χ1v) is 13.1. The van der Waals surface area contributed by atoms with Crippen LogP contribution in [0.25, 0.3) is 0 Å². The molecule has 0 radical (unpaired) electrons. The fourth-order valence-corrected chi connectivity index (χ4v) is 5.93. The van der Waals surface area contributed by atoms with Crippen LogP contribution in [-0.2, 0) is 16.1 Å². The molecule has 0 spiro atoms. The molecule has 4 aliphatic rings. The van der Waals surface area contributed by atoms with E-state index in [2.05, 4.69) is 47.8 Å². The highest BCUT2D eigenvalue weighted by atomic mass is 16.5. The van der Waals surface area contributed by atoms with Crippen LogP contribution in [-0.4, -0.2) is 84.4 Å². The molecule has 4 heterocycles. The van der Waals surface area contributed by atoms with Crippen molar-refractivity contribution in [2.24, 2.45) is 4.99 Å². The molecule has 0 aromatic heterocycles. The number of fused-ring (bicyclic) bond motifs is 2. The predicted octanol–water partition coefficient (Wildman–Crippen LogP) is 3.40. The number of aliphatic imine (C=N–C) groups is 1. The molecule has 1 N–H and O–H groups in total. The van der Waals surface area contributed by atoms with Gasteiger partial charge in [-0.2, -0.15) is 4.99 Å². The molecule has 1 aromatic rings. The predicted molar refractivity (Wildman–Crippen MR) is 141 cm³/mol. The molecule has 7 nitrogen and oxygen atoms in total. The molecule has 35 heavy (non-hydrogen) atoms. The molecule has 190 valence electrons. The first-order chi connectivity index (χ1) is 17.0. The number of piperazine rings is 1. The van der Waals surface area contributed by atoms with E-state index in [1.807, 2.05) is 23.1 Å². The summed E-state index contributed by atoms with van der Waals surface area (Å²) in [5, 5.41) is 3.71. The molecule has 5 rings (SSSR count). The third-order valence-electron chi connectivity index (χ3n) is 7.97. The molecule has 1 aromatic carbocycles. The standard InChI is InChI=1S/C28H39N5O2.H2/c1-20-15-32(16-22-8-5-4-6-9-22)27(34)14-26(20)28(33-17-23-11-12-24(18-33)30-23)29-21(2)35-19-25-10-7-13-31(25)3;/h4-6,8-9,23-25,30H,2,7,10-19H2,1,3H3;1H/b29-28+;/t23?,24?,25-;/m0./s1. The second-order valence-electron chi connectivity index (χ2n) is 10.6. The van der Waals surface area contributed by atoms with Crippen LogP contribution in [0.2, 0.25) is 0 Å². The summed E-state index contributed by atoms with van der Waals surface area (Å²) in [4.78, 5) is 24.9. The largest absolute Gasteiger partial charge is 0.476 e. The normalized spacial score (nSPS) is 27.7. The molecular formula is C28H41N5O2. The van der Waals surface area contributed by atoms with E-state index in [1.165, 1.54) is 24.8 Å². The van der Waals surface area contributed by atoms with E-state index in [1.54, 1.807) is 0 Å². The Morgan fingerprint density at radius 1 is 1.20 bits per heavy atom. The van der Waals surface area contributed by atoms with Crippen LogP contribution in [0.1, 0.15) is 46.0 Å². The molecule has 3 saturated heterocycles. The third kappa shape index (κ3) is 5.62. The monoisotopic (exact) mass is 479 g/mol. The number of nitrogens with zero attached hydrogens (tertiary/aromatic N) is 4. The second kappa shape index (κ2) is 10.5. The van der Waals surface area contributed by atoms with Crippen molar-refractivity contribution >= 4 is 11.7 Å². The molecule has 0 aliphatic carbocycles. The highest BCUT2D eigenvalue weighted by Crippen LogP contribution is 2.28. The number of rotatable bonds is 7. The van der Waals surface area contributed by atoms with Crippen molar-refractivity contribution in [3.05, 3.63) is 59.5 Å². The third-order valence-corrected chi connectivity index (χ3v) is 7.97. The molecule has 2 bridgehead atoms. The number of ether oxygens (including phenoxy) is 1. The molecule has 3 fully saturated rings. The SMILES string of the molecule is C=C(/N=C(\C1=C(C)CN(Cc2ccccc2)C(=O)C1)N1CC2CCC(C1)N2)OC[C@@H]1CCCN1C.[HH]. The van der Waals surface area contributed by atoms with Gasteiger partial charge in [0.1, 0.15) is 12.4 Å². The summed E-state index contributed by atoms with van der Waals surface area (Å²) in [6, 6.07) is 11.6. The Bertz CT molecular complexity index is 998. The summed E-state index contributed by atoms with van der Waals surface area (Å²) in [7, 11) is 2.15. The summed E-state index contributed by atoms with van der Waals surface area (Å²) < 4.78 is 6.06. The van der Waals surface area contributed by atoms with Gasteiger partial charge >= 0.3 is 0 Å². The van der Waals surface area contributed by atoms with Crippen LogP contribution in [0.15, 0.2) is 58.9 Å². The Balaban J connectivity index is 0.00000304. The second-order valence-corrected chi connectivity index (χ2v) is 10.6. The van der Waals surface area contributed by atoms with Crippen molar-refractivity contribution < 1.29 is 11.0 Å². The maximum atomic E-state index is 13.3. The lowest BCUT2D eigenvalue weighted by Gasteiger charge is -2.38. The number of benzene rings is 1. The highest BCUT2D eigenvalue weighted by Gasteiger charge is 2.36. The lowest BCUT2D eigenvalue weighted by atomic mass is 9.97. The molecule has 0 saturated carbocycles. The van der Waals surface area contributed by atoms with Crippen molar-refractivity contribution in [1.82, 2.24) is 20.0 Å². The summed E-state index contributed by atoms with van der Waals surface area (Å²) >= 11 is 0. The molecule has 1 amide bonds. The van der Waals surface area contributed by atoms with Gasteiger partial charge < -0.3 is 24.8 Å². The van der Waals surface area contributed by atoms with Crippen molar-refractivity contribution in [3.8, 4) is 0 Å². The van der Waals surface area contributed by atoms with Crippen LogP contribution in [0.4, 0.5) is 0 Å². The van der Waals surface area contributed by atoms with Crippen LogP contribution >= 0.6 is 0 Å². The number of likely N-dealkylation sites (tertiary alicyclic amines) is 2. The van der Waals surface area contributed by atoms with E-state index in [0.717, 1.165) is 43.0 Å². The fourth-order valence-electron chi connectivity index (χ4n) is 5.93. The van der Waals surface area contributed by atoms with Crippen LogP contribution in [0, 0.1) is 0 Å². The average Bonchev–Trinajstić information content (AvgIpc) is 3.42. The minimum absolute atomic E-state index is 0. The maximum Gasteiger partial charge on any atom is 0.227 e. The first kappa shape index (κ1) is 24.1. The Kier molecular flexibility index (Phi) is 7.25. The van der Waals surface area contributed by atoms with Gasteiger partial charge in [0.2, 0.25) is 11.8 Å². The molecule has 7 heteroatoms. The van der Waals surface area contributed by atoms with Crippen molar-refractivity contribution in [2.45, 2.75) is 63.7 Å². The molecule has 4 aliphatic heterocycles. The minimum atomic E-state index is 0. The zero-order valence-corrected chi connectivity index (χ0v) is 21.2. The number of hydrogen-bond acceptors (Lipinski definition) is 5. The topological polar surface area (TPSA) is 60.4 Å².